The van der Waals surface area contributed by atoms with Crippen LogP contribution in [0.4, 0.5) is 0 Å². The van der Waals surface area contributed by atoms with E-state index in [1.807, 2.05) is 13.8 Å². The zero-order valence-corrected chi connectivity index (χ0v) is 9.66. The maximum atomic E-state index is 9.02. The molecule has 1 saturated heterocycles. The first kappa shape index (κ1) is 12.0. The summed E-state index contributed by atoms with van der Waals surface area (Å²) in [6.07, 6.45) is 6.05. The molecule has 3 heteroatoms. The van der Waals surface area contributed by atoms with E-state index in [9.17, 15) is 0 Å². The van der Waals surface area contributed by atoms with Crippen LogP contribution in [-0.2, 0) is 0 Å². The van der Waals surface area contributed by atoms with Crippen molar-refractivity contribution >= 4 is 0 Å². The van der Waals surface area contributed by atoms with Crippen molar-refractivity contribution < 1.29 is 0 Å². The molecular formula is C12H19N3. The predicted molar refractivity (Wildman–Crippen MR) is 61.2 cm³/mol. The van der Waals surface area contributed by atoms with Crippen molar-refractivity contribution in [2.24, 2.45) is 0 Å². The Hall–Kier alpha value is -1.03. The van der Waals surface area contributed by atoms with Gasteiger partial charge in [0.15, 0.2) is 0 Å². The highest BCUT2D eigenvalue weighted by Gasteiger charge is 2.29. The zero-order chi connectivity index (χ0) is 11.3. The lowest BCUT2D eigenvalue weighted by molar-refractivity contribution is 0.0814. The largest absolute Gasteiger partial charge is 0.300 e. The second-order valence-corrected chi connectivity index (χ2v) is 4.45. The lowest BCUT2D eigenvalue weighted by Crippen LogP contribution is -2.54. The third-order valence-corrected chi connectivity index (χ3v) is 3.01. The Labute approximate surface area is 92.7 Å². The molecule has 0 aliphatic carbocycles. The fourth-order valence-electron chi connectivity index (χ4n) is 1.82. The number of piperazine rings is 1. The molecule has 1 fully saturated rings. The molecule has 1 rings (SSSR count). The van der Waals surface area contributed by atoms with Gasteiger partial charge in [-0.15, -0.1) is 12.3 Å². The van der Waals surface area contributed by atoms with Gasteiger partial charge in [0.05, 0.1) is 6.07 Å². The van der Waals surface area contributed by atoms with Gasteiger partial charge in [-0.05, 0) is 13.8 Å². The molecule has 1 heterocycles. The normalized spacial score (nSPS) is 19.5. The van der Waals surface area contributed by atoms with Crippen LogP contribution in [0.5, 0.6) is 0 Å². The van der Waals surface area contributed by atoms with Crippen molar-refractivity contribution in [3.05, 3.63) is 0 Å². The average molecular weight is 205 g/mol. The van der Waals surface area contributed by atoms with E-state index in [-0.39, 0.29) is 5.54 Å². The van der Waals surface area contributed by atoms with Gasteiger partial charge in [0.1, 0.15) is 5.54 Å². The Bertz CT molecular complexity index is 274. The number of nitriles is 1. The Morgan fingerprint density at radius 2 is 1.87 bits per heavy atom. The second-order valence-electron chi connectivity index (χ2n) is 4.45. The Morgan fingerprint density at radius 1 is 1.27 bits per heavy atom. The summed E-state index contributed by atoms with van der Waals surface area (Å²) < 4.78 is 0. The molecular weight excluding hydrogens is 186 g/mol. The fourth-order valence-corrected chi connectivity index (χ4v) is 1.82. The Kier molecular flexibility index (Phi) is 4.15. The quantitative estimate of drug-likeness (QED) is 0.642. The molecule has 0 bridgehead atoms. The van der Waals surface area contributed by atoms with Crippen LogP contribution in [0.15, 0.2) is 0 Å². The van der Waals surface area contributed by atoms with E-state index in [0.717, 1.165) is 39.1 Å². The number of hydrogen-bond donors (Lipinski definition) is 0. The monoisotopic (exact) mass is 205 g/mol. The van der Waals surface area contributed by atoms with E-state index in [0.29, 0.717) is 0 Å². The zero-order valence-electron chi connectivity index (χ0n) is 9.66. The Morgan fingerprint density at radius 3 is 2.33 bits per heavy atom. The van der Waals surface area contributed by atoms with Gasteiger partial charge >= 0.3 is 0 Å². The lowest BCUT2D eigenvalue weighted by Gasteiger charge is -2.40. The minimum atomic E-state index is -0.335. The summed E-state index contributed by atoms with van der Waals surface area (Å²) in [5.74, 6) is 2.66. The highest BCUT2D eigenvalue weighted by Crippen LogP contribution is 2.15. The Balaban J connectivity index is 2.37. The molecule has 82 valence electrons. The van der Waals surface area contributed by atoms with E-state index in [2.05, 4.69) is 21.8 Å². The number of nitrogens with zero attached hydrogens (tertiary/aromatic N) is 3. The molecule has 0 aromatic heterocycles. The third-order valence-electron chi connectivity index (χ3n) is 3.01. The summed E-state index contributed by atoms with van der Waals surface area (Å²) in [6, 6.07) is 2.34. The molecule has 0 spiro atoms. The van der Waals surface area contributed by atoms with Gasteiger partial charge in [-0.25, -0.2) is 0 Å². The van der Waals surface area contributed by atoms with Crippen molar-refractivity contribution in [3.63, 3.8) is 0 Å². The summed E-state index contributed by atoms with van der Waals surface area (Å²) >= 11 is 0. The number of terminal acetylenes is 1. The lowest BCUT2D eigenvalue weighted by atomic mass is 10.0. The van der Waals surface area contributed by atoms with Crippen molar-refractivity contribution in [1.29, 1.82) is 5.26 Å². The molecule has 0 radical (unpaired) electrons. The van der Waals surface area contributed by atoms with Gasteiger partial charge < -0.3 is 0 Å². The van der Waals surface area contributed by atoms with E-state index in [1.165, 1.54) is 0 Å². The SMILES string of the molecule is C#CCCN1CCN(C(C)(C)C#N)CC1. The molecule has 0 aromatic carbocycles. The van der Waals surface area contributed by atoms with Crippen LogP contribution in [-0.4, -0.2) is 48.1 Å². The van der Waals surface area contributed by atoms with Gasteiger partial charge in [0, 0.05) is 39.1 Å². The van der Waals surface area contributed by atoms with Crippen molar-refractivity contribution in [2.45, 2.75) is 25.8 Å². The molecule has 0 saturated carbocycles. The molecule has 1 aliphatic rings. The molecule has 0 atom stereocenters. The fraction of sp³-hybridized carbons (Fsp3) is 0.750. The van der Waals surface area contributed by atoms with Crippen LogP contribution >= 0.6 is 0 Å². The van der Waals surface area contributed by atoms with Crippen LogP contribution in [0.3, 0.4) is 0 Å². The smallest absolute Gasteiger partial charge is 0.103 e. The highest BCUT2D eigenvalue weighted by molar-refractivity contribution is 5.02. The second kappa shape index (κ2) is 5.16. The molecule has 0 N–H and O–H groups in total. The summed E-state index contributed by atoms with van der Waals surface area (Å²) in [4.78, 5) is 4.60. The minimum absolute atomic E-state index is 0.335. The first-order valence-electron chi connectivity index (χ1n) is 5.42. The third kappa shape index (κ3) is 3.23. The maximum Gasteiger partial charge on any atom is 0.103 e. The predicted octanol–water partition coefficient (Wildman–Crippen LogP) is 0.929. The molecule has 0 unspecified atom stereocenters. The van der Waals surface area contributed by atoms with Crippen molar-refractivity contribution in [1.82, 2.24) is 9.80 Å². The summed E-state index contributed by atoms with van der Waals surface area (Å²) in [7, 11) is 0. The van der Waals surface area contributed by atoms with Crippen LogP contribution in [0, 0.1) is 23.7 Å². The maximum absolute atomic E-state index is 9.02. The van der Waals surface area contributed by atoms with Gasteiger partial charge in [-0.2, -0.15) is 5.26 Å². The number of rotatable bonds is 3. The molecule has 1 aliphatic heterocycles. The van der Waals surface area contributed by atoms with E-state index in [1.54, 1.807) is 0 Å². The molecule has 0 aromatic rings. The first-order chi connectivity index (χ1) is 7.10. The van der Waals surface area contributed by atoms with E-state index >= 15 is 0 Å². The van der Waals surface area contributed by atoms with Crippen molar-refractivity contribution in [3.8, 4) is 18.4 Å². The van der Waals surface area contributed by atoms with Crippen LogP contribution in [0.25, 0.3) is 0 Å². The topological polar surface area (TPSA) is 30.3 Å². The summed E-state index contributed by atoms with van der Waals surface area (Å²) in [5.41, 5.74) is -0.335. The van der Waals surface area contributed by atoms with E-state index < -0.39 is 0 Å². The summed E-state index contributed by atoms with van der Waals surface area (Å²) in [6.45, 7) is 8.90. The van der Waals surface area contributed by atoms with Gasteiger partial charge in [0.25, 0.3) is 0 Å². The van der Waals surface area contributed by atoms with Gasteiger partial charge in [0.2, 0.25) is 0 Å². The standard InChI is InChI=1S/C12H19N3/c1-4-5-6-14-7-9-15(10-8-14)12(2,3)11-13/h1H,5-10H2,2-3H3. The average Bonchev–Trinajstić information content (AvgIpc) is 2.27. The molecule has 15 heavy (non-hydrogen) atoms. The van der Waals surface area contributed by atoms with Crippen LogP contribution in [0.1, 0.15) is 20.3 Å². The van der Waals surface area contributed by atoms with Crippen molar-refractivity contribution in [2.75, 3.05) is 32.7 Å². The first-order valence-corrected chi connectivity index (χ1v) is 5.42. The van der Waals surface area contributed by atoms with Gasteiger partial charge in [-0.3, -0.25) is 9.80 Å². The highest BCUT2D eigenvalue weighted by atomic mass is 15.3. The number of hydrogen-bond acceptors (Lipinski definition) is 3. The van der Waals surface area contributed by atoms with Gasteiger partial charge in [-0.1, -0.05) is 0 Å². The summed E-state index contributed by atoms with van der Waals surface area (Å²) in [5, 5.41) is 9.02. The molecule has 0 amide bonds. The van der Waals surface area contributed by atoms with Crippen LogP contribution in [0.2, 0.25) is 0 Å². The molecule has 3 nitrogen and oxygen atoms in total. The van der Waals surface area contributed by atoms with Crippen LogP contribution < -0.4 is 0 Å². The minimum Gasteiger partial charge on any atom is -0.300 e. The van der Waals surface area contributed by atoms with E-state index in [4.69, 9.17) is 11.7 Å².